The van der Waals surface area contributed by atoms with E-state index < -0.39 is 5.92 Å². The zero-order valence-electron chi connectivity index (χ0n) is 19.1. The van der Waals surface area contributed by atoms with Crippen LogP contribution >= 0.6 is 39.0 Å². The number of carbonyl (C=O) groups is 2. The lowest BCUT2D eigenvalue weighted by Gasteiger charge is -2.29. The lowest BCUT2D eigenvalue weighted by Crippen LogP contribution is -2.30. The average molecular weight is 565 g/mol. The van der Waals surface area contributed by atoms with E-state index in [9.17, 15) is 14.9 Å². The first-order valence-corrected chi connectivity index (χ1v) is 13.5. The summed E-state index contributed by atoms with van der Waals surface area (Å²) in [5.74, 6) is -0.642. The summed E-state index contributed by atoms with van der Waals surface area (Å²) in [7, 11) is 0. The number of carbonyl (C=O) groups excluding carboxylic acids is 2. The Balaban J connectivity index is 1.64. The first-order valence-electron chi connectivity index (χ1n) is 10.8. The summed E-state index contributed by atoms with van der Waals surface area (Å²) in [6.07, 6.45) is 0. The van der Waals surface area contributed by atoms with Crippen molar-refractivity contribution in [1.82, 2.24) is 5.32 Å². The molecule has 1 aliphatic rings. The van der Waals surface area contributed by atoms with Crippen molar-refractivity contribution in [2.75, 3.05) is 11.1 Å². The molecule has 0 fully saturated rings. The largest absolute Gasteiger partial charge is 0.353 e. The normalized spacial score (nSPS) is 15.4. The highest BCUT2D eigenvalue weighted by atomic mass is 79.9. The molecule has 2 N–H and O–H groups in total. The number of thioether (sulfide) groups is 1. The molecule has 176 valence electrons. The van der Waals surface area contributed by atoms with E-state index in [1.54, 1.807) is 12.1 Å². The number of anilines is 1. The predicted molar refractivity (Wildman–Crippen MR) is 146 cm³/mol. The Kier molecular flexibility index (Phi) is 7.91. The molecule has 8 heteroatoms. The van der Waals surface area contributed by atoms with Crippen molar-refractivity contribution in [1.29, 1.82) is 5.26 Å². The van der Waals surface area contributed by atoms with Gasteiger partial charge in [0.15, 0.2) is 5.78 Å². The lowest BCUT2D eigenvalue weighted by molar-refractivity contribution is -0.113. The Morgan fingerprint density at radius 1 is 1.11 bits per heavy atom. The fourth-order valence-corrected chi connectivity index (χ4v) is 5.92. The van der Waals surface area contributed by atoms with Gasteiger partial charge in [-0.1, -0.05) is 64.1 Å². The van der Waals surface area contributed by atoms with Crippen molar-refractivity contribution in [3.05, 3.63) is 108 Å². The van der Waals surface area contributed by atoms with Crippen LogP contribution in [0.4, 0.5) is 5.69 Å². The van der Waals surface area contributed by atoms with Gasteiger partial charge in [-0.15, -0.1) is 11.3 Å². The van der Waals surface area contributed by atoms with Crippen molar-refractivity contribution < 1.29 is 9.59 Å². The van der Waals surface area contributed by atoms with Gasteiger partial charge in [0.25, 0.3) is 5.91 Å². The summed E-state index contributed by atoms with van der Waals surface area (Å²) in [6.45, 7) is 3.77. The van der Waals surface area contributed by atoms with Crippen LogP contribution in [0.25, 0.3) is 0 Å². The highest BCUT2D eigenvalue weighted by Gasteiger charge is 2.35. The van der Waals surface area contributed by atoms with E-state index in [2.05, 4.69) is 32.6 Å². The van der Waals surface area contributed by atoms with Crippen LogP contribution in [0.1, 0.15) is 33.6 Å². The zero-order valence-corrected chi connectivity index (χ0v) is 22.3. The van der Waals surface area contributed by atoms with E-state index in [4.69, 9.17) is 0 Å². The Bertz CT molecular complexity index is 1370. The van der Waals surface area contributed by atoms with Crippen LogP contribution in [0.15, 0.2) is 92.4 Å². The molecule has 3 aromatic rings. The molecule has 0 radical (unpaired) electrons. The van der Waals surface area contributed by atoms with Crippen LogP contribution in [-0.2, 0) is 4.79 Å². The fourth-order valence-electron chi connectivity index (χ4n) is 3.83. The molecule has 1 aliphatic heterocycles. The van der Waals surface area contributed by atoms with Gasteiger partial charge in [0, 0.05) is 31.9 Å². The second-order valence-electron chi connectivity index (χ2n) is 7.95. The van der Waals surface area contributed by atoms with E-state index in [1.165, 1.54) is 23.1 Å². The molecular formula is C27H22BrN3O2S2. The number of nitriles is 1. The summed E-state index contributed by atoms with van der Waals surface area (Å²) in [6, 6.07) is 20.9. The number of thiophene rings is 1. The van der Waals surface area contributed by atoms with Gasteiger partial charge < -0.3 is 10.6 Å². The maximum absolute atomic E-state index is 13.5. The van der Waals surface area contributed by atoms with Crippen LogP contribution in [0.5, 0.6) is 0 Å². The molecule has 5 nitrogen and oxygen atoms in total. The average Bonchev–Trinajstić information content (AvgIpc) is 3.38. The van der Waals surface area contributed by atoms with Crippen molar-refractivity contribution in [2.45, 2.75) is 19.8 Å². The monoisotopic (exact) mass is 563 g/mol. The minimum Gasteiger partial charge on any atom is -0.353 e. The Hall–Kier alpha value is -3.12. The molecule has 35 heavy (non-hydrogen) atoms. The number of rotatable bonds is 7. The molecule has 1 amide bonds. The van der Waals surface area contributed by atoms with Crippen LogP contribution < -0.4 is 10.6 Å². The SMILES string of the molecule is CC1=C(C(=O)Nc2ccccc2C)[C@H](c2cccs2)C(C#N)=C(SCC(=O)c2ccc(Br)cc2)N1. The van der Waals surface area contributed by atoms with E-state index in [1.807, 2.05) is 67.8 Å². The van der Waals surface area contributed by atoms with Crippen LogP contribution in [-0.4, -0.2) is 17.4 Å². The molecule has 0 spiro atoms. The van der Waals surface area contributed by atoms with Gasteiger partial charge >= 0.3 is 0 Å². The molecule has 1 aromatic heterocycles. The summed E-state index contributed by atoms with van der Waals surface area (Å²) in [5, 5.41) is 18.9. The third-order valence-corrected chi connectivity index (χ3v) is 8.11. The van der Waals surface area contributed by atoms with E-state index in [0.717, 1.165) is 20.6 Å². The Morgan fingerprint density at radius 2 is 1.86 bits per heavy atom. The maximum Gasteiger partial charge on any atom is 0.254 e. The van der Waals surface area contributed by atoms with Gasteiger partial charge in [0.05, 0.1) is 28.3 Å². The number of para-hydroxylation sites is 1. The lowest BCUT2D eigenvalue weighted by atomic mass is 9.86. The number of halogens is 1. The van der Waals surface area contributed by atoms with E-state index in [0.29, 0.717) is 27.4 Å². The van der Waals surface area contributed by atoms with Crippen molar-refractivity contribution in [3.63, 3.8) is 0 Å². The first kappa shape index (κ1) is 25.0. The fraction of sp³-hybridized carbons (Fsp3) is 0.148. The molecule has 0 aliphatic carbocycles. The third kappa shape index (κ3) is 5.59. The van der Waals surface area contributed by atoms with Crippen molar-refractivity contribution >= 4 is 56.4 Å². The summed E-state index contributed by atoms with van der Waals surface area (Å²) in [4.78, 5) is 27.1. The molecule has 2 heterocycles. The Morgan fingerprint density at radius 3 is 2.51 bits per heavy atom. The van der Waals surface area contributed by atoms with E-state index in [-0.39, 0.29) is 17.4 Å². The van der Waals surface area contributed by atoms with Gasteiger partial charge in [-0.05, 0) is 49.1 Å². The second-order valence-corrected chi connectivity index (χ2v) is 10.8. The summed E-state index contributed by atoms with van der Waals surface area (Å²) in [5.41, 5.74) is 3.88. The molecular weight excluding hydrogens is 542 g/mol. The smallest absolute Gasteiger partial charge is 0.254 e. The predicted octanol–water partition coefficient (Wildman–Crippen LogP) is 6.77. The number of nitrogens with zero attached hydrogens (tertiary/aromatic N) is 1. The summed E-state index contributed by atoms with van der Waals surface area (Å²) < 4.78 is 0.904. The maximum atomic E-state index is 13.5. The number of nitrogens with one attached hydrogen (secondary N) is 2. The Labute approximate surface area is 221 Å². The molecule has 0 saturated heterocycles. The van der Waals surface area contributed by atoms with Crippen LogP contribution in [0.3, 0.4) is 0 Å². The number of allylic oxidation sites excluding steroid dienone is 2. The minimum absolute atomic E-state index is 0.0357. The number of Topliss-reactive ketones (excluding diaryl/α,β-unsaturated/α-hetero) is 1. The molecule has 1 atom stereocenters. The molecule has 0 bridgehead atoms. The number of ketones is 1. The standard InChI is InChI=1S/C27H22BrN3O2S2/c1-16-6-3-4-7-21(16)31-26(33)24-17(2)30-27(20(14-29)25(24)23-8-5-13-34-23)35-15-22(32)18-9-11-19(28)12-10-18/h3-13,25,30H,15H2,1-2H3,(H,31,33)/t25-/m0/s1. The number of amides is 1. The van der Waals surface area contributed by atoms with Gasteiger partial charge in [0.2, 0.25) is 0 Å². The number of hydrogen-bond acceptors (Lipinski definition) is 6. The molecule has 0 saturated carbocycles. The molecule has 0 unspecified atom stereocenters. The number of hydrogen-bond donors (Lipinski definition) is 2. The van der Waals surface area contributed by atoms with Crippen LogP contribution in [0.2, 0.25) is 0 Å². The first-order chi connectivity index (χ1) is 16.9. The molecule has 4 rings (SSSR count). The topological polar surface area (TPSA) is 82.0 Å². The highest BCUT2D eigenvalue weighted by Crippen LogP contribution is 2.42. The van der Waals surface area contributed by atoms with Crippen LogP contribution in [0, 0.1) is 18.3 Å². The number of benzene rings is 2. The summed E-state index contributed by atoms with van der Waals surface area (Å²) >= 11 is 6.16. The van der Waals surface area contributed by atoms with E-state index >= 15 is 0 Å². The zero-order chi connectivity index (χ0) is 24.9. The number of aryl methyl sites for hydroxylation is 1. The second kappa shape index (κ2) is 11.1. The van der Waals surface area contributed by atoms with Gasteiger partial charge in [-0.3, -0.25) is 9.59 Å². The van der Waals surface area contributed by atoms with Gasteiger partial charge in [-0.25, -0.2) is 0 Å². The highest BCUT2D eigenvalue weighted by molar-refractivity contribution is 9.10. The van der Waals surface area contributed by atoms with Gasteiger partial charge in [-0.2, -0.15) is 5.26 Å². The minimum atomic E-state index is -0.518. The quantitative estimate of drug-likeness (QED) is 0.310. The van der Waals surface area contributed by atoms with Gasteiger partial charge in [0.1, 0.15) is 0 Å². The molecule has 2 aromatic carbocycles. The number of dihydropyridines is 1. The van der Waals surface area contributed by atoms with Crippen molar-refractivity contribution in [3.8, 4) is 6.07 Å². The van der Waals surface area contributed by atoms with Crippen molar-refractivity contribution in [2.24, 2.45) is 0 Å². The third-order valence-electron chi connectivity index (χ3n) is 5.63.